The average molecular weight is 287 g/mol. The van der Waals surface area contributed by atoms with Crippen LogP contribution in [0, 0.1) is 6.92 Å². The topological polar surface area (TPSA) is 25.8 Å². The van der Waals surface area contributed by atoms with Crippen molar-refractivity contribution in [3.63, 3.8) is 0 Å². The summed E-state index contributed by atoms with van der Waals surface area (Å²) in [4.78, 5) is 9.13. The Morgan fingerprint density at radius 1 is 1.15 bits per heavy atom. The molecule has 0 aliphatic heterocycles. The minimum atomic E-state index is 0.574. The Hall–Kier alpha value is -1.41. The second-order valence-corrected chi connectivity index (χ2v) is 6.07. The molecule has 2 nitrogen and oxygen atoms in total. The molecule has 0 N–H and O–H groups in total. The summed E-state index contributed by atoms with van der Waals surface area (Å²) in [5.74, 6) is 1.41. The van der Waals surface area contributed by atoms with E-state index in [2.05, 4.69) is 36.2 Å². The molecule has 1 fully saturated rings. The summed E-state index contributed by atoms with van der Waals surface area (Å²) in [7, 11) is 0. The second-order valence-electron chi connectivity index (χ2n) is 5.68. The Morgan fingerprint density at radius 2 is 1.95 bits per heavy atom. The van der Waals surface area contributed by atoms with Crippen LogP contribution < -0.4 is 0 Å². The molecule has 0 radical (unpaired) electrons. The lowest BCUT2D eigenvalue weighted by molar-refractivity contribution is 0.686. The summed E-state index contributed by atoms with van der Waals surface area (Å²) in [6, 6.07) is 10.4. The van der Waals surface area contributed by atoms with E-state index in [1.165, 1.54) is 36.8 Å². The molecule has 1 aliphatic carbocycles. The van der Waals surface area contributed by atoms with Gasteiger partial charge in [0.15, 0.2) is 0 Å². The van der Waals surface area contributed by atoms with Crippen molar-refractivity contribution in [2.45, 2.75) is 44.9 Å². The molecule has 2 aromatic rings. The minimum absolute atomic E-state index is 0.574. The molecular formula is C17H19ClN2. The third-order valence-electron chi connectivity index (χ3n) is 3.98. The first kappa shape index (κ1) is 13.6. The zero-order valence-electron chi connectivity index (χ0n) is 11.8. The lowest BCUT2D eigenvalue weighted by Crippen LogP contribution is -2.04. The number of aryl methyl sites for hydroxylation is 1. The first-order valence-corrected chi connectivity index (χ1v) is 7.67. The van der Waals surface area contributed by atoms with Crippen molar-refractivity contribution in [1.29, 1.82) is 0 Å². The van der Waals surface area contributed by atoms with E-state index in [-0.39, 0.29) is 0 Å². The van der Waals surface area contributed by atoms with Gasteiger partial charge in [0.05, 0.1) is 0 Å². The van der Waals surface area contributed by atoms with Gasteiger partial charge in [-0.3, -0.25) is 0 Å². The zero-order chi connectivity index (χ0) is 13.9. The average Bonchev–Trinajstić information content (AvgIpc) is 2.91. The number of aromatic nitrogens is 2. The van der Waals surface area contributed by atoms with Crippen LogP contribution >= 0.6 is 11.6 Å². The maximum Gasteiger partial charge on any atom is 0.134 e. The standard InChI is InChI=1S/C17H19ClN2/c1-12-5-4-6-13(9-12)10-17-19-15(11-16(18)20-17)14-7-2-3-8-14/h4-6,9,11,14H,2-3,7-8,10H2,1H3. The summed E-state index contributed by atoms with van der Waals surface area (Å²) < 4.78 is 0. The van der Waals surface area contributed by atoms with Crippen LogP contribution in [0.4, 0.5) is 0 Å². The lowest BCUT2D eigenvalue weighted by Gasteiger charge is -2.10. The van der Waals surface area contributed by atoms with Crippen LogP contribution in [0.1, 0.15) is 54.2 Å². The molecular weight excluding hydrogens is 268 g/mol. The van der Waals surface area contributed by atoms with Crippen LogP contribution in [-0.2, 0) is 6.42 Å². The number of rotatable bonds is 3. The summed E-state index contributed by atoms with van der Waals surface area (Å²) >= 11 is 6.17. The molecule has 1 heterocycles. The zero-order valence-corrected chi connectivity index (χ0v) is 12.5. The fourth-order valence-corrected chi connectivity index (χ4v) is 3.21. The highest BCUT2D eigenvalue weighted by Crippen LogP contribution is 2.33. The van der Waals surface area contributed by atoms with Crippen molar-refractivity contribution in [3.8, 4) is 0 Å². The lowest BCUT2D eigenvalue weighted by atomic mass is 10.0. The van der Waals surface area contributed by atoms with Gasteiger partial charge in [0.1, 0.15) is 11.0 Å². The van der Waals surface area contributed by atoms with Gasteiger partial charge in [-0.2, -0.15) is 0 Å². The molecule has 3 heteroatoms. The van der Waals surface area contributed by atoms with Crippen molar-refractivity contribution in [1.82, 2.24) is 9.97 Å². The Morgan fingerprint density at radius 3 is 2.70 bits per heavy atom. The van der Waals surface area contributed by atoms with Gasteiger partial charge in [0.2, 0.25) is 0 Å². The molecule has 3 rings (SSSR count). The minimum Gasteiger partial charge on any atom is -0.237 e. The van der Waals surface area contributed by atoms with Crippen molar-refractivity contribution >= 4 is 11.6 Å². The monoisotopic (exact) mass is 286 g/mol. The number of hydrogen-bond acceptors (Lipinski definition) is 2. The number of halogens is 1. The quantitative estimate of drug-likeness (QED) is 0.765. The Kier molecular flexibility index (Phi) is 4.02. The van der Waals surface area contributed by atoms with Gasteiger partial charge in [-0.05, 0) is 31.4 Å². The van der Waals surface area contributed by atoms with Crippen molar-refractivity contribution in [2.24, 2.45) is 0 Å². The van der Waals surface area contributed by atoms with Crippen LogP contribution in [0.15, 0.2) is 30.3 Å². The van der Waals surface area contributed by atoms with Crippen molar-refractivity contribution in [3.05, 3.63) is 58.1 Å². The maximum absolute atomic E-state index is 6.17. The molecule has 0 spiro atoms. The smallest absolute Gasteiger partial charge is 0.134 e. The molecule has 1 aromatic carbocycles. The largest absolute Gasteiger partial charge is 0.237 e. The summed E-state index contributed by atoms with van der Waals surface area (Å²) in [6.45, 7) is 2.10. The third-order valence-corrected chi connectivity index (χ3v) is 4.17. The third kappa shape index (κ3) is 3.18. The summed E-state index contributed by atoms with van der Waals surface area (Å²) in [6.07, 6.45) is 5.83. The fraction of sp³-hybridized carbons (Fsp3) is 0.412. The van der Waals surface area contributed by atoms with Gasteiger partial charge in [-0.25, -0.2) is 9.97 Å². The van der Waals surface area contributed by atoms with Crippen LogP contribution in [0.3, 0.4) is 0 Å². The van der Waals surface area contributed by atoms with E-state index in [0.717, 1.165) is 17.9 Å². The first-order valence-electron chi connectivity index (χ1n) is 7.29. The van der Waals surface area contributed by atoms with Crippen molar-refractivity contribution < 1.29 is 0 Å². The first-order chi connectivity index (χ1) is 9.70. The SMILES string of the molecule is Cc1cccc(Cc2nc(Cl)cc(C3CCCC3)n2)c1. The summed E-state index contributed by atoms with van der Waals surface area (Å²) in [5.41, 5.74) is 3.63. The highest BCUT2D eigenvalue weighted by Gasteiger charge is 2.19. The van der Waals surface area contributed by atoms with E-state index in [0.29, 0.717) is 11.1 Å². The second kappa shape index (κ2) is 5.92. The maximum atomic E-state index is 6.17. The van der Waals surface area contributed by atoms with Gasteiger partial charge in [0, 0.05) is 18.0 Å². The number of hydrogen-bond donors (Lipinski definition) is 0. The molecule has 0 saturated heterocycles. The van der Waals surface area contributed by atoms with Gasteiger partial charge in [0.25, 0.3) is 0 Å². The van der Waals surface area contributed by atoms with E-state index in [1.54, 1.807) is 0 Å². The molecule has 1 saturated carbocycles. The molecule has 0 amide bonds. The van der Waals surface area contributed by atoms with Crippen molar-refractivity contribution in [2.75, 3.05) is 0 Å². The van der Waals surface area contributed by atoms with Gasteiger partial charge in [-0.1, -0.05) is 54.3 Å². The molecule has 104 valence electrons. The Bertz CT molecular complexity index is 604. The van der Waals surface area contributed by atoms with E-state index in [4.69, 9.17) is 16.6 Å². The van der Waals surface area contributed by atoms with Crippen LogP contribution in [0.25, 0.3) is 0 Å². The van der Waals surface area contributed by atoms with Crippen LogP contribution in [0.5, 0.6) is 0 Å². The predicted octanol–water partition coefficient (Wildman–Crippen LogP) is 4.69. The Balaban J connectivity index is 1.85. The molecule has 1 aliphatic rings. The van der Waals surface area contributed by atoms with E-state index < -0.39 is 0 Å². The number of benzene rings is 1. The highest BCUT2D eigenvalue weighted by molar-refractivity contribution is 6.29. The number of nitrogens with zero attached hydrogens (tertiary/aromatic N) is 2. The molecule has 20 heavy (non-hydrogen) atoms. The highest BCUT2D eigenvalue weighted by atomic mass is 35.5. The molecule has 1 aromatic heterocycles. The van der Waals surface area contributed by atoms with E-state index >= 15 is 0 Å². The predicted molar refractivity (Wildman–Crippen MR) is 82.2 cm³/mol. The van der Waals surface area contributed by atoms with Crippen LogP contribution in [0.2, 0.25) is 5.15 Å². The van der Waals surface area contributed by atoms with E-state index in [1.807, 2.05) is 6.07 Å². The molecule has 0 atom stereocenters. The van der Waals surface area contributed by atoms with E-state index in [9.17, 15) is 0 Å². The van der Waals surface area contributed by atoms with Gasteiger partial charge < -0.3 is 0 Å². The van der Waals surface area contributed by atoms with Crippen LogP contribution in [-0.4, -0.2) is 9.97 Å². The molecule has 0 unspecified atom stereocenters. The normalized spacial score (nSPS) is 15.7. The van der Waals surface area contributed by atoms with Gasteiger partial charge >= 0.3 is 0 Å². The Labute approximate surface area is 125 Å². The molecule has 0 bridgehead atoms. The summed E-state index contributed by atoms with van der Waals surface area (Å²) in [5, 5.41) is 0.574. The fourth-order valence-electron chi connectivity index (χ4n) is 3.00. The van der Waals surface area contributed by atoms with Gasteiger partial charge in [-0.15, -0.1) is 0 Å².